The normalized spacial score (nSPS) is 16.3. The summed E-state index contributed by atoms with van der Waals surface area (Å²) in [5.41, 5.74) is 0.495. The second kappa shape index (κ2) is 7.06. The van der Waals surface area contributed by atoms with Crippen molar-refractivity contribution in [1.82, 2.24) is 14.5 Å². The first kappa shape index (κ1) is 17.2. The van der Waals surface area contributed by atoms with Crippen LogP contribution in [0.3, 0.4) is 0 Å². The van der Waals surface area contributed by atoms with E-state index in [9.17, 15) is 8.42 Å². The van der Waals surface area contributed by atoms with Crippen molar-refractivity contribution < 1.29 is 17.3 Å². The largest absolute Gasteiger partial charge is 0.451 e. The molecule has 0 saturated heterocycles. The summed E-state index contributed by atoms with van der Waals surface area (Å²) in [6, 6.07) is 1.45. The van der Waals surface area contributed by atoms with Crippen molar-refractivity contribution >= 4 is 10.0 Å². The quantitative estimate of drug-likeness (QED) is 0.758. The molecule has 8 heteroatoms. The Hall–Kier alpha value is -1.67. The Kier molecular flexibility index (Phi) is 5.05. The Labute approximate surface area is 142 Å². The zero-order valence-corrected chi connectivity index (χ0v) is 14.9. The van der Waals surface area contributed by atoms with Crippen LogP contribution in [0.15, 0.2) is 26.3 Å². The third kappa shape index (κ3) is 3.39. The highest BCUT2D eigenvalue weighted by Crippen LogP contribution is 2.35. The topological polar surface area (TPSA) is 89.4 Å². The Morgan fingerprint density at radius 1 is 1.29 bits per heavy atom. The van der Waals surface area contributed by atoms with E-state index in [4.69, 9.17) is 8.83 Å². The first-order valence-electron chi connectivity index (χ1n) is 8.41. The van der Waals surface area contributed by atoms with Crippen molar-refractivity contribution in [2.75, 3.05) is 13.6 Å². The van der Waals surface area contributed by atoms with Crippen LogP contribution in [0.1, 0.15) is 57.3 Å². The highest BCUT2D eigenvalue weighted by Gasteiger charge is 2.27. The minimum absolute atomic E-state index is 0.100. The summed E-state index contributed by atoms with van der Waals surface area (Å²) in [5.74, 6) is 1.26. The molecule has 1 fully saturated rings. The van der Waals surface area contributed by atoms with Gasteiger partial charge in [0, 0.05) is 25.6 Å². The van der Waals surface area contributed by atoms with Crippen LogP contribution in [-0.2, 0) is 10.0 Å². The average Bonchev–Trinajstić information content (AvgIpc) is 3.32. The van der Waals surface area contributed by atoms with E-state index in [1.807, 2.05) is 6.92 Å². The lowest BCUT2D eigenvalue weighted by Crippen LogP contribution is -2.27. The van der Waals surface area contributed by atoms with Crippen molar-refractivity contribution in [3.8, 4) is 11.5 Å². The summed E-state index contributed by atoms with van der Waals surface area (Å²) in [5, 5.41) is 8.04. The monoisotopic (exact) mass is 353 g/mol. The zero-order valence-electron chi connectivity index (χ0n) is 14.1. The summed E-state index contributed by atoms with van der Waals surface area (Å²) < 4.78 is 37.2. The van der Waals surface area contributed by atoms with Gasteiger partial charge >= 0.3 is 0 Å². The molecule has 0 N–H and O–H groups in total. The maximum Gasteiger partial charge on any atom is 0.276 e. The second-order valence-corrected chi connectivity index (χ2v) is 8.24. The molecule has 0 bridgehead atoms. The van der Waals surface area contributed by atoms with Crippen molar-refractivity contribution in [3.05, 3.63) is 18.2 Å². The molecule has 0 aromatic carbocycles. The molecule has 1 saturated carbocycles. The van der Waals surface area contributed by atoms with Crippen molar-refractivity contribution in [2.45, 2.75) is 56.5 Å². The van der Waals surface area contributed by atoms with E-state index in [-0.39, 0.29) is 5.09 Å². The van der Waals surface area contributed by atoms with Crippen LogP contribution in [-0.4, -0.2) is 36.5 Å². The van der Waals surface area contributed by atoms with E-state index < -0.39 is 10.0 Å². The lowest BCUT2D eigenvalue weighted by Gasteiger charge is -2.14. The molecule has 3 rings (SSSR count). The first-order valence-corrected chi connectivity index (χ1v) is 9.85. The van der Waals surface area contributed by atoms with Gasteiger partial charge in [0.2, 0.25) is 11.0 Å². The minimum Gasteiger partial charge on any atom is -0.451 e. The minimum atomic E-state index is -3.63. The summed E-state index contributed by atoms with van der Waals surface area (Å²) in [4.78, 5) is 0. The number of rotatable bonds is 7. The van der Waals surface area contributed by atoms with Gasteiger partial charge in [0.1, 0.15) is 6.26 Å². The molecule has 0 radical (unpaired) electrons. The second-order valence-electron chi connectivity index (χ2n) is 6.26. The Balaban J connectivity index is 1.78. The van der Waals surface area contributed by atoms with Crippen LogP contribution in [0, 0.1) is 0 Å². The fourth-order valence-corrected chi connectivity index (χ4v) is 4.03. The molecule has 1 aliphatic rings. The van der Waals surface area contributed by atoms with Crippen molar-refractivity contribution in [1.29, 1.82) is 0 Å². The molecule has 2 aromatic heterocycles. The molecular formula is C16H23N3O4S. The van der Waals surface area contributed by atoms with Crippen LogP contribution in [0.4, 0.5) is 0 Å². The number of hydrogen-bond acceptors (Lipinski definition) is 6. The Morgan fingerprint density at radius 2 is 2.04 bits per heavy atom. The lowest BCUT2D eigenvalue weighted by molar-refractivity contribution is 0.405. The van der Waals surface area contributed by atoms with E-state index in [0.29, 0.717) is 29.8 Å². The average molecular weight is 353 g/mol. The number of sulfonamides is 1. The van der Waals surface area contributed by atoms with E-state index in [2.05, 4.69) is 10.2 Å². The molecule has 0 unspecified atom stereocenters. The lowest BCUT2D eigenvalue weighted by atomic mass is 10.1. The molecule has 2 heterocycles. The smallest absolute Gasteiger partial charge is 0.276 e. The van der Waals surface area contributed by atoms with E-state index in [0.717, 1.165) is 25.7 Å². The van der Waals surface area contributed by atoms with E-state index in [1.54, 1.807) is 7.05 Å². The van der Waals surface area contributed by atoms with Gasteiger partial charge in [-0.25, -0.2) is 8.42 Å². The Morgan fingerprint density at radius 3 is 2.75 bits per heavy atom. The van der Waals surface area contributed by atoms with Gasteiger partial charge in [-0.2, -0.15) is 4.31 Å². The fraction of sp³-hybridized carbons (Fsp3) is 0.625. The fourth-order valence-electron chi connectivity index (χ4n) is 2.91. The Bertz CT molecular complexity index is 775. The molecule has 0 aliphatic heterocycles. The highest BCUT2D eigenvalue weighted by atomic mass is 32.2. The molecular weight excluding hydrogens is 330 g/mol. The summed E-state index contributed by atoms with van der Waals surface area (Å²) in [6.45, 7) is 2.48. The molecule has 2 aromatic rings. The zero-order chi connectivity index (χ0) is 17.2. The van der Waals surface area contributed by atoms with Crippen LogP contribution in [0.2, 0.25) is 0 Å². The maximum atomic E-state index is 12.5. The molecule has 0 spiro atoms. The van der Waals surface area contributed by atoms with E-state index in [1.165, 1.54) is 29.5 Å². The van der Waals surface area contributed by atoms with Gasteiger partial charge in [0.05, 0.1) is 5.56 Å². The summed E-state index contributed by atoms with van der Waals surface area (Å²) in [7, 11) is -2.08. The third-order valence-electron chi connectivity index (χ3n) is 4.46. The van der Waals surface area contributed by atoms with E-state index >= 15 is 0 Å². The van der Waals surface area contributed by atoms with Gasteiger partial charge in [0.25, 0.3) is 15.9 Å². The number of furan rings is 1. The summed E-state index contributed by atoms with van der Waals surface area (Å²) in [6.07, 6.45) is 7.57. The third-order valence-corrected chi connectivity index (χ3v) is 6.18. The predicted octanol–water partition coefficient (Wildman–Crippen LogP) is 3.41. The molecule has 132 valence electrons. The number of nitrogens with zero attached hydrogens (tertiary/aromatic N) is 3. The van der Waals surface area contributed by atoms with Crippen LogP contribution >= 0.6 is 0 Å². The standard InChI is InChI=1S/C16H23N3O4S/c1-3-4-9-19(2)24(20,21)14-10-13(11-22-14)16-18-17-15(23-16)12-7-5-6-8-12/h10-12H,3-9H2,1-2H3. The predicted molar refractivity (Wildman–Crippen MR) is 87.9 cm³/mol. The molecule has 0 atom stereocenters. The van der Waals surface area contributed by atoms with Gasteiger partial charge in [0.15, 0.2) is 0 Å². The van der Waals surface area contributed by atoms with Crippen molar-refractivity contribution in [2.24, 2.45) is 0 Å². The SMILES string of the molecule is CCCCN(C)S(=O)(=O)c1cc(-c2nnc(C3CCCC3)o2)co1. The van der Waals surface area contributed by atoms with Gasteiger partial charge in [-0.1, -0.05) is 26.2 Å². The molecule has 7 nitrogen and oxygen atoms in total. The van der Waals surface area contributed by atoms with Gasteiger partial charge in [-0.3, -0.25) is 0 Å². The van der Waals surface area contributed by atoms with Gasteiger partial charge < -0.3 is 8.83 Å². The van der Waals surface area contributed by atoms with Crippen LogP contribution in [0.25, 0.3) is 11.5 Å². The molecule has 1 aliphatic carbocycles. The maximum absolute atomic E-state index is 12.5. The van der Waals surface area contributed by atoms with Gasteiger partial charge in [-0.15, -0.1) is 10.2 Å². The number of hydrogen-bond donors (Lipinski definition) is 0. The molecule has 0 amide bonds. The summed E-state index contributed by atoms with van der Waals surface area (Å²) >= 11 is 0. The first-order chi connectivity index (χ1) is 11.5. The highest BCUT2D eigenvalue weighted by molar-refractivity contribution is 7.89. The molecule has 24 heavy (non-hydrogen) atoms. The number of aromatic nitrogens is 2. The van der Waals surface area contributed by atoms with Crippen LogP contribution < -0.4 is 0 Å². The number of unbranched alkanes of at least 4 members (excludes halogenated alkanes) is 1. The van der Waals surface area contributed by atoms with Crippen LogP contribution in [0.5, 0.6) is 0 Å². The van der Waals surface area contributed by atoms with Gasteiger partial charge in [-0.05, 0) is 19.3 Å². The van der Waals surface area contributed by atoms with Crippen molar-refractivity contribution in [3.63, 3.8) is 0 Å².